The fourth-order valence-corrected chi connectivity index (χ4v) is 4.48. The van der Waals surface area contributed by atoms with Gasteiger partial charge >= 0.3 is 0 Å². The molecule has 6 nitrogen and oxygen atoms in total. The zero-order chi connectivity index (χ0) is 16.8. The maximum atomic E-state index is 4.87. The van der Waals surface area contributed by atoms with Gasteiger partial charge in [-0.3, -0.25) is 0 Å². The van der Waals surface area contributed by atoms with E-state index in [0.717, 1.165) is 48.3 Å². The molecule has 126 valence electrons. The smallest absolute Gasteiger partial charge is 0.186 e. The normalized spacial score (nSPS) is 15.4. The number of anilines is 2. The van der Waals surface area contributed by atoms with Crippen molar-refractivity contribution < 1.29 is 0 Å². The molecule has 0 radical (unpaired) electrons. The van der Waals surface area contributed by atoms with Gasteiger partial charge in [0, 0.05) is 51.0 Å². The lowest BCUT2D eigenvalue weighted by molar-refractivity contribution is 0.646. The second kappa shape index (κ2) is 5.70. The van der Waals surface area contributed by atoms with Gasteiger partial charge in [-0.2, -0.15) is 0 Å². The minimum absolute atomic E-state index is 0.923. The van der Waals surface area contributed by atoms with Crippen molar-refractivity contribution in [3.63, 3.8) is 0 Å². The SMILES string of the molecule is Cc1cccc2sc(N3CCN(c4nccn5ccnc45)CC3)nc12. The Balaban J connectivity index is 1.38. The molecule has 7 heteroatoms. The number of hydrogen-bond acceptors (Lipinski definition) is 6. The Bertz CT molecular complexity index is 1040. The van der Waals surface area contributed by atoms with E-state index in [1.165, 1.54) is 10.3 Å². The van der Waals surface area contributed by atoms with Crippen LogP contribution in [0.15, 0.2) is 43.0 Å². The molecular weight excluding hydrogens is 332 g/mol. The number of fused-ring (bicyclic) bond motifs is 2. The molecule has 3 aromatic heterocycles. The lowest BCUT2D eigenvalue weighted by atomic mass is 10.2. The molecule has 0 atom stereocenters. The van der Waals surface area contributed by atoms with Crippen molar-refractivity contribution in [3.05, 3.63) is 48.5 Å². The summed E-state index contributed by atoms with van der Waals surface area (Å²) in [5.74, 6) is 0.965. The summed E-state index contributed by atoms with van der Waals surface area (Å²) < 4.78 is 3.28. The molecule has 1 fully saturated rings. The molecule has 5 rings (SSSR count). The molecule has 1 saturated heterocycles. The summed E-state index contributed by atoms with van der Waals surface area (Å²) in [6, 6.07) is 6.39. The van der Waals surface area contributed by atoms with E-state index in [1.807, 2.05) is 29.2 Å². The first-order valence-corrected chi connectivity index (χ1v) is 9.25. The number of thiazole rings is 1. The molecule has 0 N–H and O–H groups in total. The minimum Gasteiger partial charge on any atom is -0.350 e. The van der Waals surface area contributed by atoms with Crippen LogP contribution in [0.4, 0.5) is 10.9 Å². The van der Waals surface area contributed by atoms with Crippen LogP contribution in [0, 0.1) is 6.92 Å². The highest BCUT2D eigenvalue weighted by Crippen LogP contribution is 2.31. The van der Waals surface area contributed by atoms with Crippen LogP contribution in [0.1, 0.15) is 5.56 Å². The third-order valence-electron chi connectivity index (χ3n) is 4.75. The van der Waals surface area contributed by atoms with Crippen LogP contribution in [0.25, 0.3) is 15.9 Å². The van der Waals surface area contributed by atoms with Crippen molar-refractivity contribution in [1.29, 1.82) is 0 Å². The monoisotopic (exact) mass is 350 g/mol. The first-order chi connectivity index (χ1) is 12.3. The largest absolute Gasteiger partial charge is 0.350 e. The zero-order valence-corrected chi connectivity index (χ0v) is 14.8. The number of imidazole rings is 1. The second-order valence-electron chi connectivity index (χ2n) is 6.30. The average molecular weight is 350 g/mol. The average Bonchev–Trinajstić information content (AvgIpc) is 3.29. The van der Waals surface area contributed by atoms with Crippen LogP contribution >= 0.6 is 11.3 Å². The van der Waals surface area contributed by atoms with E-state index in [9.17, 15) is 0 Å². The second-order valence-corrected chi connectivity index (χ2v) is 7.31. The van der Waals surface area contributed by atoms with Gasteiger partial charge < -0.3 is 14.2 Å². The number of piperazine rings is 1. The van der Waals surface area contributed by atoms with Gasteiger partial charge in [0.2, 0.25) is 0 Å². The van der Waals surface area contributed by atoms with E-state index in [2.05, 4.69) is 44.9 Å². The van der Waals surface area contributed by atoms with E-state index >= 15 is 0 Å². The number of para-hydroxylation sites is 1. The van der Waals surface area contributed by atoms with Crippen molar-refractivity contribution >= 4 is 38.2 Å². The molecule has 1 aliphatic rings. The van der Waals surface area contributed by atoms with Crippen LogP contribution < -0.4 is 9.80 Å². The molecule has 0 saturated carbocycles. The van der Waals surface area contributed by atoms with Gasteiger partial charge in [-0.15, -0.1) is 0 Å². The summed E-state index contributed by atoms with van der Waals surface area (Å²) in [6.07, 6.45) is 7.55. The molecule has 0 spiro atoms. The van der Waals surface area contributed by atoms with Gasteiger partial charge in [-0.05, 0) is 18.6 Å². The van der Waals surface area contributed by atoms with Gasteiger partial charge in [0.05, 0.1) is 10.2 Å². The number of aryl methyl sites for hydroxylation is 1. The highest BCUT2D eigenvalue weighted by atomic mass is 32.1. The Morgan fingerprint density at radius 2 is 1.72 bits per heavy atom. The van der Waals surface area contributed by atoms with E-state index in [1.54, 1.807) is 11.3 Å². The highest BCUT2D eigenvalue weighted by Gasteiger charge is 2.22. The Hall–Kier alpha value is -2.67. The van der Waals surface area contributed by atoms with Gasteiger partial charge in [0.15, 0.2) is 16.6 Å². The molecule has 1 aromatic carbocycles. The Labute approximate surface area is 149 Å². The highest BCUT2D eigenvalue weighted by molar-refractivity contribution is 7.22. The fraction of sp³-hybridized carbons (Fsp3) is 0.278. The molecule has 0 amide bonds. The van der Waals surface area contributed by atoms with E-state index in [-0.39, 0.29) is 0 Å². The molecule has 1 aliphatic heterocycles. The molecule has 4 heterocycles. The zero-order valence-electron chi connectivity index (χ0n) is 14.0. The molecule has 0 aliphatic carbocycles. The van der Waals surface area contributed by atoms with Gasteiger partial charge in [0.25, 0.3) is 0 Å². The third kappa shape index (κ3) is 2.42. The molecule has 4 aromatic rings. The lowest BCUT2D eigenvalue weighted by Gasteiger charge is -2.35. The Morgan fingerprint density at radius 1 is 0.960 bits per heavy atom. The third-order valence-corrected chi connectivity index (χ3v) is 5.83. The molecular formula is C18H18N6S. The van der Waals surface area contributed by atoms with E-state index in [4.69, 9.17) is 4.98 Å². The maximum absolute atomic E-state index is 4.87. The standard InChI is InChI=1S/C18H18N6S/c1-13-3-2-4-14-15(13)21-18(25-14)24-11-9-23(10-12-24)17-16-19-5-7-22(16)8-6-20-17/h2-8H,9-12H2,1H3. The predicted octanol–water partition coefficient (Wildman–Crippen LogP) is 2.97. The summed E-state index contributed by atoms with van der Waals surface area (Å²) in [5, 5.41) is 1.12. The van der Waals surface area contributed by atoms with Crippen LogP contribution in [-0.4, -0.2) is 45.5 Å². The van der Waals surface area contributed by atoms with Gasteiger partial charge in [-0.1, -0.05) is 23.5 Å². The fourth-order valence-electron chi connectivity index (χ4n) is 3.38. The summed E-state index contributed by atoms with van der Waals surface area (Å²) in [4.78, 5) is 18.6. The molecule has 0 unspecified atom stereocenters. The first-order valence-electron chi connectivity index (χ1n) is 8.43. The van der Waals surface area contributed by atoms with Crippen molar-refractivity contribution in [2.24, 2.45) is 0 Å². The molecule has 0 bridgehead atoms. The number of nitrogens with zero attached hydrogens (tertiary/aromatic N) is 6. The number of benzene rings is 1. The lowest BCUT2D eigenvalue weighted by Crippen LogP contribution is -2.47. The Morgan fingerprint density at radius 3 is 2.52 bits per heavy atom. The first kappa shape index (κ1) is 14.7. The summed E-state index contributed by atoms with van der Waals surface area (Å²) in [5.41, 5.74) is 3.30. The van der Waals surface area contributed by atoms with Gasteiger partial charge in [0.1, 0.15) is 0 Å². The van der Waals surface area contributed by atoms with E-state index < -0.39 is 0 Å². The predicted molar refractivity (Wildman–Crippen MR) is 102 cm³/mol. The van der Waals surface area contributed by atoms with Crippen LogP contribution in [0.2, 0.25) is 0 Å². The van der Waals surface area contributed by atoms with Crippen LogP contribution in [0.5, 0.6) is 0 Å². The van der Waals surface area contributed by atoms with Crippen molar-refractivity contribution in [3.8, 4) is 0 Å². The topological polar surface area (TPSA) is 49.6 Å². The van der Waals surface area contributed by atoms with Crippen molar-refractivity contribution in [2.45, 2.75) is 6.92 Å². The van der Waals surface area contributed by atoms with Crippen LogP contribution in [-0.2, 0) is 0 Å². The summed E-state index contributed by atoms with van der Waals surface area (Å²) >= 11 is 1.78. The quantitative estimate of drug-likeness (QED) is 0.556. The summed E-state index contributed by atoms with van der Waals surface area (Å²) in [7, 11) is 0. The molecule has 25 heavy (non-hydrogen) atoms. The maximum Gasteiger partial charge on any atom is 0.186 e. The van der Waals surface area contributed by atoms with Crippen molar-refractivity contribution in [2.75, 3.05) is 36.0 Å². The minimum atomic E-state index is 0.923. The van der Waals surface area contributed by atoms with E-state index in [0.29, 0.717) is 0 Å². The van der Waals surface area contributed by atoms with Crippen molar-refractivity contribution in [1.82, 2.24) is 19.4 Å². The van der Waals surface area contributed by atoms with Gasteiger partial charge in [-0.25, -0.2) is 15.0 Å². The number of aromatic nitrogens is 4. The summed E-state index contributed by atoms with van der Waals surface area (Å²) in [6.45, 7) is 5.87. The van der Waals surface area contributed by atoms with Crippen LogP contribution in [0.3, 0.4) is 0 Å². The Kier molecular flexibility index (Phi) is 3.34. The number of rotatable bonds is 2. The number of hydrogen-bond donors (Lipinski definition) is 0.